The summed E-state index contributed by atoms with van der Waals surface area (Å²) in [7, 11) is 2.28. The van der Waals surface area contributed by atoms with Gasteiger partial charge in [-0.2, -0.15) is 0 Å². The van der Waals surface area contributed by atoms with Gasteiger partial charge in [0.2, 0.25) is 0 Å². The van der Waals surface area contributed by atoms with Crippen molar-refractivity contribution in [1.29, 1.82) is 0 Å². The standard InChI is InChI=1S/C13H26BrN/c1-12(2)9-15(3)11-13(10-14)7-5-4-6-8-13/h12H,4-11H2,1-3H3. The summed E-state index contributed by atoms with van der Waals surface area (Å²) in [6, 6.07) is 0. The second kappa shape index (κ2) is 6.24. The average Bonchev–Trinajstić information content (AvgIpc) is 2.17. The first kappa shape index (κ1) is 13.5. The molecular weight excluding hydrogens is 250 g/mol. The molecule has 0 atom stereocenters. The molecule has 0 heterocycles. The van der Waals surface area contributed by atoms with Crippen LogP contribution in [0.25, 0.3) is 0 Å². The van der Waals surface area contributed by atoms with E-state index in [1.54, 1.807) is 0 Å². The Bertz CT molecular complexity index is 173. The van der Waals surface area contributed by atoms with E-state index in [-0.39, 0.29) is 0 Å². The molecule has 2 heteroatoms. The molecule has 0 aromatic rings. The predicted molar refractivity (Wildman–Crippen MR) is 71.6 cm³/mol. The van der Waals surface area contributed by atoms with Crippen LogP contribution < -0.4 is 0 Å². The van der Waals surface area contributed by atoms with Gasteiger partial charge in [-0.05, 0) is 31.2 Å². The summed E-state index contributed by atoms with van der Waals surface area (Å²) in [6.45, 7) is 7.11. The van der Waals surface area contributed by atoms with Crippen LogP contribution in [0.3, 0.4) is 0 Å². The van der Waals surface area contributed by atoms with Crippen molar-refractivity contribution in [3.05, 3.63) is 0 Å². The molecule has 1 saturated carbocycles. The van der Waals surface area contributed by atoms with Gasteiger partial charge in [-0.1, -0.05) is 49.0 Å². The van der Waals surface area contributed by atoms with E-state index in [1.165, 1.54) is 50.5 Å². The van der Waals surface area contributed by atoms with E-state index in [0.717, 1.165) is 5.92 Å². The Morgan fingerprint density at radius 2 is 1.80 bits per heavy atom. The maximum absolute atomic E-state index is 3.74. The molecule has 1 nitrogen and oxygen atoms in total. The molecule has 1 aliphatic rings. The van der Waals surface area contributed by atoms with Gasteiger partial charge < -0.3 is 4.90 Å². The molecule has 0 aromatic carbocycles. The lowest BCUT2D eigenvalue weighted by Gasteiger charge is -2.39. The zero-order chi connectivity index (χ0) is 11.3. The highest BCUT2D eigenvalue weighted by atomic mass is 79.9. The molecule has 1 rings (SSSR count). The molecule has 0 spiro atoms. The van der Waals surface area contributed by atoms with E-state index in [2.05, 4.69) is 41.7 Å². The number of halogens is 1. The van der Waals surface area contributed by atoms with Gasteiger partial charge in [-0.25, -0.2) is 0 Å². The smallest absolute Gasteiger partial charge is 0.0100 e. The van der Waals surface area contributed by atoms with E-state index in [9.17, 15) is 0 Å². The Morgan fingerprint density at radius 1 is 1.20 bits per heavy atom. The summed E-state index contributed by atoms with van der Waals surface area (Å²) in [5.41, 5.74) is 0.571. The first-order valence-electron chi connectivity index (χ1n) is 6.32. The Kier molecular flexibility index (Phi) is 5.62. The van der Waals surface area contributed by atoms with Crippen LogP contribution in [0, 0.1) is 11.3 Å². The molecule has 1 fully saturated rings. The molecule has 0 aromatic heterocycles. The van der Waals surface area contributed by atoms with Crippen molar-refractivity contribution in [2.45, 2.75) is 46.0 Å². The lowest BCUT2D eigenvalue weighted by Crippen LogP contribution is -2.39. The molecule has 15 heavy (non-hydrogen) atoms. The zero-order valence-corrected chi connectivity index (χ0v) is 12.1. The van der Waals surface area contributed by atoms with Crippen LogP contribution in [-0.2, 0) is 0 Å². The molecule has 0 aliphatic heterocycles. The van der Waals surface area contributed by atoms with Gasteiger partial charge in [-0.3, -0.25) is 0 Å². The number of nitrogens with zero attached hydrogens (tertiary/aromatic N) is 1. The van der Waals surface area contributed by atoms with Gasteiger partial charge in [0, 0.05) is 18.4 Å². The van der Waals surface area contributed by atoms with E-state index in [0.29, 0.717) is 5.41 Å². The highest BCUT2D eigenvalue weighted by molar-refractivity contribution is 9.09. The maximum Gasteiger partial charge on any atom is 0.0100 e. The Labute approximate surface area is 104 Å². The van der Waals surface area contributed by atoms with Crippen LogP contribution in [0.15, 0.2) is 0 Å². The molecule has 0 unspecified atom stereocenters. The van der Waals surface area contributed by atoms with Crippen molar-refractivity contribution in [3.8, 4) is 0 Å². The summed E-state index contributed by atoms with van der Waals surface area (Å²) in [5, 5.41) is 1.18. The van der Waals surface area contributed by atoms with Crippen molar-refractivity contribution in [1.82, 2.24) is 4.90 Å². The minimum absolute atomic E-state index is 0.571. The Morgan fingerprint density at radius 3 is 2.27 bits per heavy atom. The van der Waals surface area contributed by atoms with Crippen molar-refractivity contribution >= 4 is 15.9 Å². The van der Waals surface area contributed by atoms with Gasteiger partial charge in [0.15, 0.2) is 0 Å². The SMILES string of the molecule is CC(C)CN(C)CC1(CBr)CCCCC1. The zero-order valence-electron chi connectivity index (χ0n) is 10.6. The fraction of sp³-hybridized carbons (Fsp3) is 1.00. The van der Waals surface area contributed by atoms with Crippen LogP contribution in [0.1, 0.15) is 46.0 Å². The largest absolute Gasteiger partial charge is 0.306 e. The monoisotopic (exact) mass is 275 g/mol. The van der Waals surface area contributed by atoms with Crippen LogP contribution in [-0.4, -0.2) is 30.4 Å². The third-order valence-electron chi connectivity index (χ3n) is 3.48. The van der Waals surface area contributed by atoms with E-state index >= 15 is 0 Å². The summed E-state index contributed by atoms with van der Waals surface area (Å²) < 4.78 is 0. The van der Waals surface area contributed by atoms with Crippen LogP contribution in [0.5, 0.6) is 0 Å². The second-order valence-corrected chi connectivity index (χ2v) is 6.35. The van der Waals surface area contributed by atoms with Crippen LogP contribution in [0.4, 0.5) is 0 Å². The predicted octanol–water partition coefficient (Wildman–Crippen LogP) is 3.92. The summed E-state index contributed by atoms with van der Waals surface area (Å²) in [6.07, 6.45) is 7.15. The number of hydrogen-bond acceptors (Lipinski definition) is 1. The fourth-order valence-corrected chi connectivity index (χ4v) is 3.63. The van der Waals surface area contributed by atoms with Crippen molar-refractivity contribution in [2.75, 3.05) is 25.5 Å². The fourth-order valence-electron chi connectivity index (χ4n) is 2.90. The third kappa shape index (κ3) is 4.44. The number of alkyl halides is 1. The third-order valence-corrected chi connectivity index (χ3v) is 4.67. The lowest BCUT2D eigenvalue weighted by atomic mass is 9.75. The second-order valence-electron chi connectivity index (χ2n) is 5.78. The van der Waals surface area contributed by atoms with Crippen molar-refractivity contribution < 1.29 is 0 Å². The molecule has 0 bridgehead atoms. The Hall–Kier alpha value is 0.440. The summed E-state index contributed by atoms with van der Waals surface area (Å²) in [4.78, 5) is 2.53. The van der Waals surface area contributed by atoms with Crippen LogP contribution >= 0.6 is 15.9 Å². The molecule has 0 radical (unpaired) electrons. The van der Waals surface area contributed by atoms with Gasteiger partial charge in [0.1, 0.15) is 0 Å². The molecule has 0 saturated heterocycles. The first-order chi connectivity index (χ1) is 7.08. The molecule has 0 N–H and O–H groups in total. The molecular formula is C13H26BrN. The van der Waals surface area contributed by atoms with E-state index in [4.69, 9.17) is 0 Å². The van der Waals surface area contributed by atoms with E-state index in [1.807, 2.05) is 0 Å². The maximum atomic E-state index is 3.74. The minimum Gasteiger partial charge on any atom is -0.306 e. The van der Waals surface area contributed by atoms with Crippen LogP contribution in [0.2, 0.25) is 0 Å². The number of rotatable bonds is 5. The van der Waals surface area contributed by atoms with Crippen molar-refractivity contribution in [3.63, 3.8) is 0 Å². The first-order valence-corrected chi connectivity index (χ1v) is 7.45. The van der Waals surface area contributed by atoms with E-state index < -0.39 is 0 Å². The normalized spacial score (nSPS) is 21.2. The minimum atomic E-state index is 0.571. The quantitative estimate of drug-likeness (QED) is 0.688. The topological polar surface area (TPSA) is 3.24 Å². The molecule has 0 amide bonds. The molecule has 90 valence electrons. The lowest BCUT2D eigenvalue weighted by molar-refractivity contribution is 0.137. The average molecular weight is 276 g/mol. The van der Waals surface area contributed by atoms with Gasteiger partial charge >= 0.3 is 0 Å². The van der Waals surface area contributed by atoms with Crippen molar-refractivity contribution in [2.24, 2.45) is 11.3 Å². The van der Waals surface area contributed by atoms with Gasteiger partial charge in [0.05, 0.1) is 0 Å². The van der Waals surface area contributed by atoms with Gasteiger partial charge in [-0.15, -0.1) is 0 Å². The number of hydrogen-bond donors (Lipinski definition) is 0. The highest BCUT2D eigenvalue weighted by Crippen LogP contribution is 2.38. The summed E-state index contributed by atoms with van der Waals surface area (Å²) >= 11 is 3.74. The molecule has 1 aliphatic carbocycles. The summed E-state index contributed by atoms with van der Waals surface area (Å²) in [5.74, 6) is 0.783. The Balaban J connectivity index is 2.43. The van der Waals surface area contributed by atoms with Gasteiger partial charge in [0.25, 0.3) is 0 Å². The highest BCUT2D eigenvalue weighted by Gasteiger charge is 2.31.